The topological polar surface area (TPSA) is 84.2 Å². The highest BCUT2D eigenvalue weighted by Crippen LogP contribution is 2.27. The van der Waals surface area contributed by atoms with E-state index in [1.54, 1.807) is 30.3 Å². The van der Waals surface area contributed by atoms with Crippen molar-refractivity contribution in [2.45, 2.75) is 25.2 Å². The van der Waals surface area contributed by atoms with Crippen molar-refractivity contribution in [3.05, 3.63) is 53.9 Å². The average Bonchev–Trinajstić information content (AvgIpc) is 2.95. The number of carbonyl (C=O) groups is 2. The van der Waals surface area contributed by atoms with Crippen LogP contribution in [0.2, 0.25) is 0 Å². The number of carboxylic acid groups (broad SMARTS) is 1. The Morgan fingerprint density at radius 2 is 1.88 bits per heavy atom. The fourth-order valence-corrected chi connectivity index (χ4v) is 2.10. The zero-order valence-corrected chi connectivity index (χ0v) is 12.3. The Kier molecular flexibility index (Phi) is 5.22. The van der Waals surface area contributed by atoms with Gasteiger partial charge in [0.05, 0.1) is 12.5 Å². The molecule has 0 aliphatic rings. The van der Waals surface area contributed by atoms with Gasteiger partial charge in [0.2, 0.25) is 5.91 Å². The smallest absolute Gasteiger partial charge is 0.435 e. The Labute approximate surface area is 134 Å². The van der Waals surface area contributed by atoms with E-state index in [-0.39, 0.29) is 6.42 Å². The second-order valence-electron chi connectivity index (χ2n) is 5.02. The van der Waals surface area contributed by atoms with E-state index in [0.717, 1.165) is 16.9 Å². The number of hydrogen-bond acceptors (Lipinski definition) is 3. The van der Waals surface area contributed by atoms with Crippen LogP contribution < -0.4 is 5.32 Å². The summed E-state index contributed by atoms with van der Waals surface area (Å²) in [5, 5.41) is 14.7. The van der Waals surface area contributed by atoms with Crippen molar-refractivity contribution < 1.29 is 27.9 Å². The van der Waals surface area contributed by atoms with Crippen LogP contribution in [0.3, 0.4) is 0 Å². The highest BCUT2D eigenvalue weighted by Gasteiger charge is 2.33. The summed E-state index contributed by atoms with van der Waals surface area (Å²) in [4.78, 5) is 22.9. The minimum absolute atomic E-state index is 0.345. The van der Waals surface area contributed by atoms with Gasteiger partial charge < -0.3 is 10.4 Å². The van der Waals surface area contributed by atoms with Gasteiger partial charge in [-0.1, -0.05) is 30.3 Å². The fraction of sp³-hybridized carbons (Fsp3) is 0.267. The number of benzene rings is 1. The lowest BCUT2D eigenvalue weighted by molar-refractivity contribution is -0.142. The van der Waals surface area contributed by atoms with Gasteiger partial charge >= 0.3 is 12.1 Å². The summed E-state index contributed by atoms with van der Waals surface area (Å²) in [6.45, 7) is -0.445. The van der Waals surface area contributed by atoms with Crippen LogP contribution in [0.15, 0.2) is 42.6 Å². The fourth-order valence-electron chi connectivity index (χ4n) is 2.10. The van der Waals surface area contributed by atoms with Crippen LogP contribution in [0.25, 0.3) is 0 Å². The van der Waals surface area contributed by atoms with E-state index in [9.17, 15) is 22.8 Å². The number of nitrogens with one attached hydrogen (secondary N) is 1. The molecule has 1 unspecified atom stereocenters. The van der Waals surface area contributed by atoms with Gasteiger partial charge in [0.1, 0.15) is 6.54 Å². The maximum atomic E-state index is 12.5. The molecule has 24 heavy (non-hydrogen) atoms. The lowest BCUT2D eigenvalue weighted by Gasteiger charge is -2.17. The Hall–Kier alpha value is -2.84. The number of hydrogen-bond donors (Lipinski definition) is 2. The molecule has 9 heteroatoms. The van der Waals surface area contributed by atoms with Gasteiger partial charge in [-0.2, -0.15) is 18.3 Å². The highest BCUT2D eigenvalue weighted by atomic mass is 19.4. The predicted molar refractivity (Wildman–Crippen MR) is 76.8 cm³/mol. The number of halogens is 3. The third-order valence-corrected chi connectivity index (χ3v) is 3.15. The van der Waals surface area contributed by atoms with Crippen molar-refractivity contribution in [3.63, 3.8) is 0 Å². The minimum Gasteiger partial charge on any atom is -0.481 e. The largest absolute Gasteiger partial charge is 0.481 e. The quantitative estimate of drug-likeness (QED) is 0.844. The molecule has 1 aromatic heterocycles. The summed E-state index contributed by atoms with van der Waals surface area (Å²) in [6.07, 6.45) is -3.89. The zero-order valence-electron chi connectivity index (χ0n) is 12.3. The molecule has 0 aliphatic heterocycles. The van der Waals surface area contributed by atoms with Gasteiger partial charge in [0.15, 0.2) is 5.69 Å². The van der Waals surface area contributed by atoms with Crippen LogP contribution in [-0.2, 0) is 22.3 Å². The summed E-state index contributed by atoms with van der Waals surface area (Å²) < 4.78 is 38.3. The molecule has 0 aliphatic carbocycles. The summed E-state index contributed by atoms with van der Waals surface area (Å²) in [5.41, 5.74) is -0.509. The maximum Gasteiger partial charge on any atom is 0.435 e. The van der Waals surface area contributed by atoms with Crippen molar-refractivity contribution in [2.24, 2.45) is 0 Å². The number of amides is 1. The summed E-state index contributed by atoms with van der Waals surface area (Å²) in [6, 6.07) is 8.42. The predicted octanol–water partition coefficient (Wildman–Crippen LogP) is 2.23. The molecule has 0 saturated heterocycles. The van der Waals surface area contributed by atoms with Gasteiger partial charge in [-0.15, -0.1) is 0 Å². The number of nitrogens with zero attached hydrogens (tertiary/aromatic N) is 2. The van der Waals surface area contributed by atoms with E-state index >= 15 is 0 Å². The van der Waals surface area contributed by atoms with Crippen molar-refractivity contribution in [1.82, 2.24) is 15.1 Å². The van der Waals surface area contributed by atoms with Crippen LogP contribution in [0.1, 0.15) is 23.7 Å². The maximum absolute atomic E-state index is 12.5. The molecule has 0 radical (unpaired) electrons. The molecule has 128 valence electrons. The number of carbonyl (C=O) groups excluding carboxylic acids is 1. The lowest BCUT2D eigenvalue weighted by Crippen LogP contribution is -2.33. The van der Waals surface area contributed by atoms with Crippen LogP contribution >= 0.6 is 0 Å². The Morgan fingerprint density at radius 1 is 1.21 bits per heavy atom. The summed E-state index contributed by atoms with van der Waals surface area (Å²) in [5.74, 6) is -1.75. The molecule has 2 aromatic rings. The number of aromatic nitrogens is 2. The molecular formula is C15H14F3N3O3. The third-order valence-electron chi connectivity index (χ3n) is 3.15. The first-order valence-electron chi connectivity index (χ1n) is 6.92. The molecule has 0 spiro atoms. The van der Waals surface area contributed by atoms with Gasteiger partial charge in [-0.3, -0.25) is 14.3 Å². The van der Waals surface area contributed by atoms with E-state index in [4.69, 9.17) is 5.11 Å². The molecule has 1 heterocycles. The second-order valence-corrected chi connectivity index (χ2v) is 5.02. The Morgan fingerprint density at radius 3 is 2.42 bits per heavy atom. The van der Waals surface area contributed by atoms with Gasteiger partial charge in [-0.05, 0) is 11.6 Å². The number of carboxylic acids is 1. The molecule has 1 aromatic carbocycles. The number of aliphatic carboxylic acids is 1. The van der Waals surface area contributed by atoms with Crippen LogP contribution in [0.5, 0.6) is 0 Å². The van der Waals surface area contributed by atoms with E-state index in [2.05, 4.69) is 10.4 Å². The van der Waals surface area contributed by atoms with Crippen LogP contribution in [0.4, 0.5) is 13.2 Å². The first-order valence-corrected chi connectivity index (χ1v) is 6.92. The van der Waals surface area contributed by atoms with Crippen LogP contribution in [0, 0.1) is 0 Å². The summed E-state index contributed by atoms with van der Waals surface area (Å²) in [7, 11) is 0. The molecular weight excluding hydrogens is 327 g/mol. The van der Waals surface area contributed by atoms with Gasteiger partial charge in [0.25, 0.3) is 0 Å². The van der Waals surface area contributed by atoms with Crippen molar-refractivity contribution >= 4 is 11.9 Å². The van der Waals surface area contributed by atoms with E-state index in [1.165, 1.54) is 0 Å². The SMILES string of the molecule is O=C(O)CC(NC(=O)Cn1ccc(C(F)(F)F)n1)c1ccccc1. The molecule has 2 rings (SSSR count). The molecule has 0 fully saturated rings. The molecule has 1 amide bonds. The van der Waals surface area contributed by atoms with Crippen LogP contribution in [-0.4, -0.2) is 26.8 Å². The molecule has 2 N–H and O–H groups in total. The van der Waals surface area contributed by atoms with Gasteiger partial charge in [-0.25, -0.2) is 0 Å². The molecule has 0 bridgehead atoms. The lowest BCUT2D eigenvalue weighted by atomic mass is 10.0. The average molecular weight is 341 g/mol. The molecule has 6 nitrogen and oxygen atoms in total. The third kappa shape index (κ3) is 4.83. The van der Waals surface area contributed by atoms with Crippen molar-refractivity contribution in [2.75, 3.05) is 0 Å². The Balaban J connectivity index is 2.05. The van der Waals surface area contributed by atoms with E-state index in [0.29, 0.717) is 5.56 Å². The first-order chi connectivity index (χ1) is 11.3. The minimum atomic E-state index is -4.59. The first kappa shape index (κ1) is 17.5. The van der Waals surface area contributed by atoms with E-state index < -0.39 is 36.3 Å². The normalized spacial score (nSPS) is 12.6. The van der Waals surface area contributed by atoms with Gasteiger partial charge in [0, 0.05) is 6.20 Å². The number of alkyl halides is 3. The molecule has 0 saturated carbocycles. The van der Waals surface area contributed by atoms with Crippen molar-refractivity contribution in [1.29, 1.82) is 0 Å². The second kappa shape index (κ2) is 7.16. The molecule has 1 atom stereocenters. The Bertz CT molecular complexity index is 713. The number of rotatable bonds is 6. The zero-order chi connectivity index (χ0) is 17.7. The van der Waals surface area contributed by atoms with Crippen molar-refractivity contribution in [3.8, 4) is 0 Å². The summed E-state index contributed by atoms with van der Waals surface area (Å²) >= 11 is 0. The van der Waals surface area contributed by atoms with E-state index in [1.807, 2.05) is 0 Å². The standard InChI is InChI=1S/C15H14F3N3O3/c16-15(17,18)12-6-7-21(20-12)9-13(22)19-11(8-14(23)24)10-4-2-1-3-5-10/h1-7,11H,8-9H2,(H,19,22)(H,23,24). The monoisotopic (exact) mass is 341 g/mol. The highest BCUT2D eigenvalue weighted by molar-refractivity contribution is 5.77.